The second-order valence-corrected chi connectivity index (χ2v) is 6.38. The molecule has 160 valence electrons. The van der Waals surface area contributed by atoms with E-state index < -0.39 is 17.9 Å². The number of aliphatic hydroxyl groups is 1. The zero-order valence-electron chi connectivity index (χ0n) is 16.4. The minimum atomic E-state index is -0.746. The minimum Gasteiger partial charge on any atom is -0.508 e. The molecule has 0 aliphatic rings. The molecule has 0 saturated heterocycles. The zero-order chi connectivity index (χ0) is 20.5. The SMILES string of the molecule is CCOC(=O)COc1ccc(CCN[C@@H](C)[C@@H](O)c2ccc(O)cc2)c(F)c1.Cl. The van der Waals surface area contributed by atoms with Gasteiger partial charge in [-0.05, 0) is 56.1 Å². The summed E-state index contributed by atoms with van der Waals surface area (Å²) in [5.41, 5.74) is 1.19. The van der Waals surface area contributed by atoms with E-state index in [2.05, 4.69) is 5.32 Å². The number of carbonyl (C=O) groups is 1. The topological polar surface area (TPSA) is 88.0 Å². The number of hydrogen-bond acceptors (Lipinski definition) is 6. The molecular weight excluding hydrogens is 401 g/mol. The van der Waals surface area contributed by atoms with E-state index in [0.29, 0.717) is 24.1 Å². The van der Waals surface area contributed by atoms with Gasteiger partial charge in [0.25, 0.3) is 0 Å². The fourth-order valence-electron chi connectivity index (χ4n) is 2.67. The second-order valence-electron chi connectivity index (χ2n) is 6.38. The summed E-state index contributed by atoms with van der Waals surface area (Å²) >= 11 is 0. The van der Waals surface area contributed by atoms with Crippen LogP contribution in [0.4, 0.5) is 4.39 Å². The van der Waals surface area contributed by atoms with E-state index in [4.69, 9.17) is 9.47 Å². The van der Waals surface area contributed by atoms with Gasteiger partial charge in [0.2, 0.25) is 0 Å². The van der Waals surface area contributed by atoms with Crippen molar-refractivity contribution in [1.82, 2.24) is 5.32 Å². The van der Waals surface area contributed by atoms with Gasteiger partial charge in [-0.2, -0.15) is 0 Å². The molecule has 0 aromatic heterocycles. The fourth-order valence-corrected chi connectivity index (χ4v) is 2.67. The van der Waals surface area contributed by atoms with Gasteiger partial charge in [-0.1, -0.05) is 18.2 Å². The number of carbonyl (C=O) groups excluding carboxylic acids is 1. The maximum atomic E-state index is 14.2. The van der Waals surface area contributed by atoms with Gasteiger partial charge < -0.3 is 25.0 Å². The Hall–Kier alpha value is -2.35. The van der Waals surface area contributed by atoms with Crippen molar-refractivity contribution in [1.29, 1.82) is 0 Å². The Morgan fingerprint density at radius 2 is 1.90 bits per heavy atom. The first-order valence-electron chi connectivity index (χ1n) is 9.18. The smallest absolute Gasteiger partial charge is 0.344 e. The van der Waals surface area contributed by atoms with Crippen LogP contribution in [0.5, 0.6) is 11.5 Å². The number of ether oxygens (including phenoxy) is 2. The number of phenolic OH excluding ortho intramolecular Hbond substituents is 1. The van der Waals surface area contributed by atoms with Gasteiger partial charge in [-0.15, -0.1) is 12.4 Å². The molecule has 0 unspecified atom stereocenters. The molecule has 0 aliphatic heterocycles. The van der Waals surface area contributed by atoms with E-state index in [0.717, 1.165) is 0 Å². The molecule has 2 atom stereocenters. The number of aromatic hydroxyl groups is 1. The lowest BCUT2D eigenvalue weighted by Crippen LogP contribution is -2.33. The summed E-state index contributed by atoms with van der Waals surface area (Å²) in [5.74, 6) is -0.521. The lowest BCUT2D eigenvalue weighted by atomic mass is 10.0. The van der Waals surface area contributed by atoms with Crippen molar-refractivity contribution >= 4 is 18.4 Å². The number of aliphatic hydroxyl groups excluding tert-OH is 1. The summed E-state index contributed by atoms with van der Waals surface area (Å²) in [6.07, 6.45) is -0.319. The highest BCUT2D eigenvalue weighted by Crippen LogP contribution is 2.20. The van der Waals surface area contributed by atoms with E-state index in [9.17, 15) is 19.4 Å². The van der Waals surface area contributed by atoms with Crippen LogP contribution in [-0.4, -0.2) is 42.0 Å². The fraction of sp³-hybridized carbons (Fsp3) is 0.381. The number of nitrogens with one attached hydrogen (secondary N) is 1. The number of hydrogen-bond donors (Lipinski definition) is 3. The monoisotopic (exact) mass is 427 g/mol. The second kappa shape index (κ2) is 12.3. The lowest BCUT2D eigenvalue weighted by molar-refractivity contribution is -0.145. The van der Waals surface area contributed by atoms with Gasteiger partial charge in [0.1, 0.15) is 17.3 Å². The van der Waals surface area contributed by atoms with Crippen molar-refractivity contribution in [2.75, 3.05) is 19.8 Å². The van der Waals surface area contributed by atoms with Crippen LogP contribution in [0.15, 0.2) is 42.5 Å². The van der Waals surface area contributed by atoms with E-state index in [1.54, 1.807) is 31.2 Å². The van der Waals surface area contributed by atoms with Crippen molar-refractivity contribution in [3.05, 3.63) is 59.4 Å². The molecule has 3 N–H and O–H groups in total. The van der Waals surface area contributed by atoms with Crippen LogP contribution in [0, 0.1) is 5.82 Å². The van der Waals surface area contributed by atoms with Crippen molar-refractivity contribution in [2.24, 2.45) is 0 Å². The molecular formula is C21H27ClFNO5. The van der Waals surface area contributed by atoms with Crippen molar-refractivity contribution in [3.63, 3.8) is 0 Å². The average Bonchev–Trinajstić information content (AvgIpc) is 2.68. The Bertz CT molecular complexity index is 772. The average molecular weight is 428 g/mol. The summed E-state index contributed by atoms with van der Waals surface area (Å²) < 4.78 is 24.2. The molecule has 6 nitrogen and oxygen atoms in total. The number of esters is 1. The molecule has 0 saturated carbocycles. The van der Waals surface area contributed by atoms with Crippen LogP contribution in [0.1, 0.15) is 31.1 Å². The first-order chi connectivity index (χ1) is 13.4. The number of rotatable bonds is 10. The summed E-state index contributed by atoms with van der Waals surface area (Å²) in [7, 11) is 0. The van der Waals surface area contributed by atoms with Crippen LogP contribution in [0.2, 0.25) is 0 Å². The van der Waals surface area contributed by atoms with Crippen molar-refractivity contribution in [2.45, 2.75) is 32.4 Å². The molecule has 0 fully saturated rings. The maximum Gasteiger partial charge on any atom is 0.344 e. The molecule has 0 radical (unpaired) electrons. The third-order valence-electron chi connectivity index (χ3n) is 4.26. The highest BCUT2D eigenvalue weighted by atomic mass is 35.5. The van der Waals surface area contributed by atoms with Gasteiger partial charge in [-0.3, -0.25) is 0 Å². The van der Waals surface area contributed by atoms with E-state index >= 15 is 0 Å². The molecule has 8 heteroatoms. The first kappa shape index (κ1) is 24.7. The lowest BCUT2D eigenvalue weighted by Gasteiger charge is -2.21. The molecule has 0 aliphatic carbocycles. The Labute approximate surface area is 176 Å². The summed E-state index contributed by atoms with van der Waals surface area (Å²) in [6, 6.07) is 10.6. The van der Waals surface area contributed by atoms with Crippen LogP contribution >= 0.6 is 12.4 Å². The predicted molar refractivity (Wildman–Crippen MR) is 110 cm³/mol. The minimum absolute atomic E-state index is 0. The first-order valence-corrected chi connectivity index (χ1v) is 9.18. The molecule has 2 aromatic carbocycles. The molecule has 0 heterocycles. The van der Waals surface area contributed by atoms with Crippen LogP contribution < -0.4 is 10.1 Å². The van der Waals surface area contributed by atoms with E-state index in [-0.39, 0.29) is 43.2 Å². The summed E-state index contributed by atoms with van der Waals surface area (Å²) in [6.45, 7) is 4.00. The number of phenols is 1. The molecule has 0 amide bonds. The maximum absolute atomic E-state index is 14.2. The molecule has 29 heavy (non-hydrogen) atoms. The standard InChI is InChI=1S/C21H26FNO5.ClH/c1-3-27-20(25)13-28-18-9-6-15(19(22)12-18)10-11-23-14(2)21(26)16-4-7-17(24)8-5-16;/h4-9,12,14,21,23-24,26H,3,10-11,13H2,1-2H3;1H/t14-,21+;/m0./s1. The molecule has 2 aromatic rings. The van der Waals surface area contributed by atoms with Crippen molar-refractivity contribution < 1.29 is 28.9 Å². The summed E-state index contributed by atoms with van der Waals surface area (Å²) in [5, 5.41) is 22.8. The molecule has 0 bridgehead atoms. The van der Waals surface area contributed by atoms with Gasteiger partial charge in [0.05, 0.1) is 12.7 Å². The van der Waals surface area contributed by atoms with Crippen LogP contribution in [0.3, 0.4) is 0 Å². The van der Waals surface area contributed by atoms with Crippen molar-refractivity contribution in [3.8, 4) is 11.5 Å². The van der Waals surface area contributed by atoms with E-state index in [1.807, 2.05) is 6.92 Å². The Kier molecular flexibility index (Phi) is 10.4. The third-order valence-corrected chi connectivity index (χ3v) is 4.26. The Morgan fingerprint density at radius 1 is 1.21 bits per heavy atom. The number of benzene rings is 2. The van der Waals surface area contributed by atoms with Gasteiger partial charge in [0.15, 0.2) is 6.61 Å². The largest absolute Gasteiger partial charge is 0.508 e. The molecule has 0 spiro atoms. The van der Waals surface area contributed by atoms with Gasteiger partial charge in [0, 0.05) is 12.1 Å². The Morgan fingerprint density at radius 3 is 2.52 bits per heavy atom. The van der Waals surface area contributed by atoms with Crippen LogP contribution in [0.25, 0.3) is 0 Å². The summed E-state index contributed by atoms with van der Waals surface area (Å²) in [4.78, 5) is 11.3. The third kappa shape index (κ3) is 7.89. The molecule has 2 rings (SSSR count). The highest BCUT2D eigenvalue weighted by molar-refractivity contribution is 5.85. The quantitative estimate of drug-likeness (QED) is 0.505. The van der Waals surface area contributed by atoms with Gasteiger partial charge >= 0.3 is 5.97 Å². The highest BCUT2D eigenvalue weighted by Gasteiger charge is 2.16. The van der Waals surface area contributed by atoms with E-state index in [1.165, 1.54) is 18.2 Å². The number of halogens is 2. The van der Waals surface area contributed by atoms with Gasteiger partial charge in [-0.25, -0.2) is 9.18 Å². The normalized spacial score (nSPS) is 12.6. The Balaban J connectivity index is 0.00000420. The van der Waals surface area contributed by atoms with Crippen LogP contribution in [-0.2, 0) is 16.0 Å². The predicted octanol–water partition coefficient (Wildman–Crippen LogP) is 3.15. The zero-order valence-corrected chi connectivity index (χ0v) is 17.2.